The Labute approximate surface area is 164 Å². The molecular weight excluding hydrogens is 358 g/mol. The SMILES string of the molecule is Cc1ccsc1C=C1Oc2c(ccc([O-])c2C[NH+]2CC(C)CC(C)C2)C1=O. The summed E-state index contributed by atoms with van der Waals surface area (Å²) in [5.74, 6) is 1.93. The number of likely N-dealkylation sites (tertiary alicyclic amines) is 1. The number of hydrogen-bond donors (Lipinski definition) is 1. The van der Waals surface area contributed by atoms with Gasteiger partial charge in [0.15, 0.2) is 5.76 Å². The van der Waals surface area contributed by atoms with Crippen molar-refractivity contribution in [3.05, 3.63) is 50.9 Å². The van der Waals surface area contributed by atoms with Crippen LogP contribution in [0, 0.1) is 18.8 Å². The zero-order valence-electron chi connectivity index (χ0n) is 16.0. The van der Waals surface area contributed by atoms with Crippen molar-refractivity contribution in [3.8, 4) is 11.5 Å². The molecule has 0 amide bonds. The fourth-order valence-electron chi connectivity index (χ4n) is 4.42. The molecule has 1 fully saturated rings. The lowest BCUT2D eigenvalue weighted by molar-refractivity contribution is -0.925. The topological polar surface area (TPSA) is 53.8 Å². The van der Waals surface area contributed by atoms with Crippen LogP contribution in [0.2, 0.25) is 0 Å². The van der Waals surface area contributed by atoms with E-state index in [9.17, 15) is 9.90 Å². The molecule has 2 aliphatic heterocycles. The number of benzene rings is 1. The fraction of sp³-hybridized carbons (Fsp3) is 0.409. The van der Waals surface area contributed by atoms with Crippen molar-refractivity contribution in [2.24, 2.45) is 11.8 Å². The normalized spacial score (nSPS) is 26.3. The van der Waals surface area contributed by atoms with Crippen LogP contribution in [0.25, 0.3) is 6.08 Å². The fourth-order valence-corrected chi connectivity index (χ4v) is 5.27. The van der Waals surface area contributed by atoms with Crippen LogP contribution in [0.5, 0.6) is 11.5 Å². The number of ether oxygens (including phenoxy) is 1. The van der Waals surface area contributed by atoms with Crippen LogP contribution >= 0.6 is 11.3 Å². The van der Waals surface area contributed by atoms with Gasteiger partial charge in [-0.25, -0.2) is 0 Å². The maximum atomic E-state index is 12.8. The number of allylic oxidation sites excluding steroid dienone is 1. The van der Waals surface area contributed by atoms with Gasteiger partial charge in [-0.2, -0.15) is 0 Å². The molecule has 0 aliphatic carbocycles. The van der Waals surface area contributed by atoms with Gasteiger partial charge < -0.3 is 14.7 Å². The van der Waals surface area contributed by atoms with Crippen LogP contribution < -0.4 is 14.7 Å². The van der Waals surface area contributed by atoms with Crippen LogP contribution in [-0.2, 0) is 6.54 Å². The summed E-state index contributed by atoms with van der Waals surface area (Å²) in [5, 5.41) is 14.6. The maximum absolute atomic E-state index is 12.8. The summed E-state index contributed by atoms with van der Waals surface area (Å²) in [4.78, 5) is 15.2. The second kappa shape index (κ2) is 7.13. The third kappa shape index (κ3) is 3.54. The Balaban J connectivity index is 1.65. The molecule has 5 heteroatoms. The van der Waals surface area contributed by atoms with Crippen LogP contribution in [0.15, 0.2) is 29.3 Å². The van der Waals surface area contributed by atoms with Gasteiger partial charge in [-0.1, -0.05) is 25.7 Å². The van der Waals surface area contributed by atoms with E-state index in [1.54, 1.807) is 23.5 Å². The van der Waals surface area contributed by atoms with Crippen molar-refractivity contribution < 1.29 is 19.5 Å². The van der Waals surface area contributed by atoms with E-state index in [1.807, 2.05) is 18.4 Å². The highest BCUT2D eigenvalue weighted by Crippen LogP contribution is 2.38. The standard InChI is InChI=1S/C22H25NO3S/c1-13-8-14(2)11-23(10-13)12-17-18(24)5-4-16-21(25)19(26-22(16)17)9-20-15(3)6-7-27-20/h4-7,9,13-14,24H,8,10-12H2,1-3H3. The first-order valence-corrected chi connectivity index (χ1v) is 10.4. The van der Waals surface area contributed by atoms with E-state index in [2.05, 4.69) is 13.8 Å². The van der Waals surface area contributed by atoms with Gasteiger partial charge in [0, 0.05) is 28.4 Å². The molecule has 2 aromatic rings. The van der Waals surface area contributed by atoms with Gasteiger partial charge >= 0.3 is 0 Å². The Morgan fingerprint density at radius 1 is 1.26 bits per heavy atom. The highest BCUT2D eigenvalue weighted by atomic mass is 32.1. The van der Waals surface area contributed by atoms with Gasteiger partial charge in [-0.05, 0) is 36.4 Å². The molecule has 1 aromatic carbocycles. The molecule has 27 heavy (non-hydrogen) atoms. The highest BCUT2D eigenvalue weighted by molar-refractivity contribution is 7.11. The highest BCUT2D eigenvalue weighted by Gasteiger charge is 2.32. The lowest BCUT2D eigenvalue weighted by atomic mass is 9.91. The molecule has 0 saturated carbocycles. The quantitative estimate of drug-likeness (QED) is 0.830. The third-order valence-corrected chi connectivity index (χ3v) is 6.53. The number of aryl methyl sites for hydroxylation is 1. The number of quaternary nitrogens is 1. The van der Waals surface area contributed by atoms with Crippen LogP contribution in [0.4, 0.5) is 0 Å². The van der Waals surface area contributed by atoms with Crippen molar-refractivity contribution >= 4 is 23.2 Å². The average molecular weight is 384 g/mol. The van der Waals surface area contributed by atoms with Gasteiger partial charge in [0.05, 0.1) is 18.7 Å². The second-order valence-electron chi connectivity index (χ2n) is 8.11. The van der Waals surface area contributed by atoms with Gasteiger partial charge in [0.2, 0.25) is 5.78 Å². The molecule has 0 spiro atoms. The lowest BCUT2D eigenvalue weighted by Crippen LogP contribution is -3.13. The van der Waals surface area contributed by atoms with E-state index in [0.29, 0.717) is 41.0 Å². The summed E-state index contributed by atoms with van der Waals surface area (Å²) in [5.41, 5.74) is 2.27. The summed E-state index contributed by atoms with van der Waals surface area (Å²) in [6.45, 7) is 9.28. The number of thiophene rings is 1. The number of nitrogens with one attached hydrogen (secondary N) is 1. The van der Waals surface area contributed by atoms with E-state index in [0.717, 1.165) is 23.5 Å². The van der Waals surface area contributed by atoms with E-state index in [4.69, 9.17) is 4.74 Å². The number of hydrogen-bond acceptors (Lipinski definition) is 4. The molecule has 2 atom stereocenters. The largest absolute Gasteiger partial charge is 0.872 e. The molecule has 0 bridgehead atoms. The summed E-state index contributed by atoms with van der Waals surface area (Å²) in [6.07, 6.45) is 3.04. The van der Waals surface area contributed by atoms with Crippen molar-refractivity contribution in [1.29, 1.82) is 0 Å². The third-order valence-electron chi connectivity index (χ3n) is 5.57. The Morgan fingerprint density at radius 2 is 2.00 bits per heavy atom. The molecule has 142 valence electrons. The van der Waals surface area contributed by atoms with Gasteiger partial charge in [0.1, 0.15) is 12.3 Å². The first-order valence-electron chi connectivity index (χ1n) is 9.57. The molecule has 0 radical (unpaired) electrons. The number of ketones is 1. The van der Waals surface area contributed by atoms with E-state index in [1.165, 1.54) is 17.4 Å². The Kier molecular flexibility index (Phi) is 4.82. The van der Waals surface area contributed by atoms with Crippen LogP contribution in [-0.4, -0.2) is 18.9 Å². The van der Waals surface area contributed by atoms with Gasteiger partial charge in [0.25, 0.3) is 0 Å². The average Bonchev–Trinajstić information content (AvgIpc) is 3.14. The molecule has 4 nitrogen and oxygen atoms in total. The summed E-state index contributed by atoms with van der Waals surface area (Å²) >= 11 is 1.58. The molecule has 4 rings (SSSR count). The lowest BCUT2D eigenvalue weighted by Gasteiger charge is -2.33. The number of piperidine rings is 1. The number of carbonyl (C=O) groups excluding carboxylic acids is 1. The summed E-state index contributed by atoms with van der Waals surface area (Å²) < 4.78 is 5.96. The first-order chi connectivity index (χ1) is 12.9. The molecule has 1 aromatic heterocycles. The van der Waals surface area contributed by atoms with Crippen molar-refractivity contribution in [3.63, 3.8) is 0 Å². The van der Waals surface area contributed by atoms with E-state index >= 15 is 0 Å². The predicted molar refractivity (Wildman–Crippen MR) is 105 cm³/mol. The Morgan fingerprint density at radius 3 is 2.67 bits per heavy atom. The van der Waals surface area contributed by atoms with Crippen molar-refractivity contribution in [2.45, 2.75) is 33.7 Å². The zero-order valence-corrected chi connectivity index (χ0v) is 16.8. The molecular formula is C22H25NO3S. The van der Waals surface area contributed by atoms with Crippen molar-refractivity contribution in [1.82, 2.24) is 0 Å². The number of rotatable bonds is 3. The minimum absolute atomic E-state index is 0.0338. The first kappa shape index (κ1) is 18.3. The molecule has 2 aliphatic rings. The zero-order chi connectivity index (χ0) is 19.1. The molecule has 1 N–H and O–H groups in total. The monoisotopic (exact) mass is 383 g/mol. The van der Waals surface area contributed by atoms with Gasteiger partial charge in [-0.3, -0.25) is 4.79 Å². The van der Waals surface area contributed by atoms with Gasteiger partial charge in [-0.15, -0.1) is 11.3 Å². The number of Topliss-reactive ketones (excluding diaryl/α,β-unsaturated/α-hetero) is 1. The van der Waals surface area contributed by atoms with Crippen LogP contribution in [0.1, 0.15) is 46.6 Å². The van der Waals surface area contributed by atoms with E-state index in [-0.39, 0.29) is 11.5 Å². The number of carbonyl (C=O) groups is 1. The number of fused-ring (bicyclic) bond motifs is 1. The maximum Gasteiger partial charge on any atom is 0.232 e. The second-order valence-corrected chi connectivity index (χ2v) is 9.06. The minimum Gasteiger partial charge on any atom is -0.872 e. The van der Waals surface area contributed by atoms with Crippen LogP contribution in [0.3, 0.4) is 0 Å². The minimum atomic E-state index is -0.130. The Bertz CT molecular complexity index is 904. The molecule has 1 saturated heterocycles. The molecule has 2 unspecified atom stereocenters. The summed E-state index contributed by atoms with van der Waals surface area (Å²) in [6, 6.07) is 5.15. The van der Waals surface area contributed by atoms with E-state index < -0.39 is 0 Å². The molecule has 3 heterocycles. The summed E-state index contributed by atoms with van der Waals surface area (Å²) in [7, 11) is 0. The van der Waals surface area contributed by atoms with Crippen molar-refractivity contribution in [2.75, 3.05) is 13.1 Å². The predicted octanol–water partition coefficient (Wildman–Crippen LogP) is 2.81. The smallest absolute Gasteiger partial charge is 0.232 e. The Hall–Kier alpha value is -2.11.